The Hall–Kier alpha value is -1.75. The number of halogens is 1. The van der Waals surface area contributed by atoms with Crippen molar-refractivity contribution in [2.24, 2.45) is 0 Å². The van der Waals surface area contributed by atoms with Crippen LogP contribution in [0.5, 0.6) is 0 Å². The maximum Gasteiger partial charge on any atom is 0.0682 e. The van der Waals surface area contributed by atoms with E-state index in [-0.39, 0.29) is 6.04 Å². The molecule has 0 bridgehead atoms. The molecule has 5 heteroatoms. The zero-order chi connectivity index (χ0) is 13.8. The number of benzene rings is 1. The van der Waals surface area contributed by atoms with Gasteiger partial charge in [-0.3, -0.25) is 5.10 Å². The van der Waals surface area contributed by atoms with Crippen LogP contribution in [-0.4, -0.2) is 22.8 Å². The van der Waals surface area contributed by atoms with E-state index >= 15 is 0 Å². The first kappa shape index (κ1) is 13.7. The summed E-state index contributed by atoms with van der Waals surface area (Å²) in [6.45, 7) is 10.4. The van der Waals surface area contributed by atoms with Gasteiger partial charge in [-0.2, -0.15) is 5.10 Å². The Labute approximate surface area is 121 Å². The van der Waals surface area contributed by atoms with Gasteiger partial charge in [0.25, 0.3) is 0 Å². The molecule has 1 unspecified atom stereocenters. The third-order valence-corrected chi connectivity index (χ3v) is 3.26. The minimum atomic E-state index is 0.256. The van der Waals surface area contributed by atoms with Crippen molar-refractivity contribution in [3.63, 3.8) is 0 Å². The molecule has 0 saturated carbocycles. The number of nitrogens with zero attached hydrogens (tertiary/aromatic N) is 1. The lowest BCUT2D eigenvalue weighted by molar-refractivity contribution is 0.652. The van der Waals surface area contributed by atoms with E-state index in [2.05, 4.69) is 56.8 Å². The number of fused-ring (bicyclic) bond motifs is 1. The maximum absolute atomic E-state index is 4.06. The molecule has 0 spiro atoms. The number of H-pyrrole nitrogens is 1. The first-order chi connectivity index (χ1) is 9.10. The number of nitrogens with one attached hydrogen (secondary N) is 3. The van der Waals surface area contributed by atoms with Gasteiger partial charge in [0, 0.05) is 33.8 Å². The highest BCUT2D eigenvalue weighted by Crippen LogP contribution is 2.26. The van der Waals surface area contributed by atoms with E-state index in [4.69, 9.17) is 0 Å². The lowest BCUT2D eigenvalue weighted by Crippen LogP contribution is -2.31. The van der Waals surface area contributed by atoms with Crippen LogP contribution >= 0.6 is 15.9 Å². The van der Waals surface area contributed by atoms with Gasteiger partial charge in [0.1, 0.15) is 0 Å². The van der Waals surface area contributed by atoms with Crippen LogP contribution in [0.3, 0.4) is 0 Å². The Bertz CT molecular complexity index is 603. The van der Waals surface area contributed by atoms with Crippen LogP contribution in [0.15, 0.2) is 47.7 Å². The molecule has 1 aromatic heterocycles. The lowest BCUT2D eigenvalue weighted by Gasteiger charge is -2.17. The minimum absolute atomic E-state index is 0.256. The summed E-state index contributed by atoms with van der Waals surface area (Å²) in [6.07, 6.45) is 3.54. The predicted octanol–water partition coefficient (Wildman–Crippen LogP) is 3.42. The molecule has 0 aliphatic heterocycles. The Morgan fingerprint density at radius 2 is 2.37 bits per heavy atom. The third kappa shape index (κ3) is 3.38. The second-order valence-corrected chi connectivity index (χ2v) is 5.36. The van der Waals surface area contributed by atoms with Gasteiger partial charge in [-0.15, -0.1) is 0 Å². The molecule has 1 atom stereocenters. The summed E-state index contributed by atoms with van der Waals surface area (Å²) in [5.41, 5.74) is 2.89. The fraction of sp³-hybridized carbons (Fsp3) is 0.214. The number of aromatic nitrogens is 2. The van der Waals surface area contributed by atoms with Crippen molar-refractivity contribution in [3.8, 4) is 0 Å². The fourth-order valence-electron chi connectivity index (χ4n) is 1.85. The first-order valence-corrected chi connectivity index (χ1v) is 6.84. The van der Waals surface area contributed by atoms with Crippen LogP contribution in [0, 0.1) is 0 Å². The third-order valence-electron chi connectivity index (χ3n) is 2.80. The van der Waals surface area contributed by atoms with E-state index in [1.54, 1.807) is 6.08 Å². The molecule has 0 aliphatic rings. The molecule has 0 aliphatic carbocycles. The Morgan fingerprint density at radius 1 is 1.58 bits per heavy atom. The lowest BCUT2D eigenvalue weighted by atomic mass is 10.2. The standard InChI is InChI=1S/C14H17BrN4/c1-4-9(2)18-10(3)7-16-13-5-11(15)6-14-12(13)8-17-19-14/h4-6,8,10,16,18H,1-2,7H2,3H3,(H,17,19). The van der Waals surface area contributed by atoms with Crippen LogP contribution in [0.2, 0.25) is 0 Å². The fourth-order valence-corrected chi connectivity index (χ4v) is 2.31. The predicted molar refractivity (Wildman–Crippen MR) is 84.2 cm³/mol. The summed E-state index contributed by atoms with van der Waals surface area (Å²) in [6, 6.07) is 4.31. The molecule has 100 valence electrons. The van der Waals surface area contributed by atoms with Crippen molar-refractivity contribution < 1.29 is 0 Å². The van der Waals surface area contributed by atoms with Crippen LogP contribution in [0.4, 0.5) is 5.69 Å². The second kappa shape index (κ2) is 5.93. The second-order valence-electron chi connectivity index (χ2n) is 4.44. The molecule has 0 radical (unpaired) electrons. The largest absolute Gasteiger partial charge is 0.382 e. The van der Waals surface area contributed by atoms with E-state index in [0.717, 1.165) is 33.3 Å². The van der Waals surface area contributed by atoms with Crippen LogP contribution in [0.1, 0.15) is 6.92 Å². The van der Waals surface area contributed by atoms with Gasteiger partial charge in [-0.1, -0.05) is 29.1 Å². The van der Waals surface area contributed by atoms with Crippen molar-refractivity contribution in [1.82, 2.24) is 15.5 Å². The van der Waals surface area contributed by atoms with Crippen LogP contribution in [-0.2, 0) is 0 Å². The molecule has 0 saturated heterocycles. The van der Waals surface area contributed by atoms with Crippen molar-refractivity contribution in [3.05, 3.63) is 47.7 Å². The van der Waals surface area contributed by atoms with Crippen molar-refractivity contribution in [2.45, 2.75) is 13.0 Å². The van der Waals surface area contributed by atoms with Crippen molar-refractivity contribution in [2.75, 3.05) is 11.9 Å². The molecule has 4 nitrogen and oxygen atoms in total. The number of allylic oxidation sites excluding steroid dienone is 1. The van der Waals surface area contributed by atoms with E-state index in [0.29, 0.717) is 0 Å². The highest BCUT2D eigenvalue weighted by molar-refractivity contribution is 9.10. The average molecular weight is 321 g/mol. The van der Waals surface area contributed by atoms with Crippen LogP contribution < -0.4 is 10.6 Å². The SMILES string of the molecule is C=CC(=C)NC(C)CNc1cc(Br)cc2[nH]ncc12. The Balaban J connectivity index is 2.07. The van der Waals surface area contributed by atoms with Gasteiger partial charge >= 0.3 is 0 Å². The number of hydrogen-bond acceptors (Lipinski definition) is 3. The zero-order valence-corrected chi connectivity index (χ0v) is 12.4. The Morgan fingerprint density at radius 3 is 3.11 bits per heavy atom. The highest BCUT2D eigenvalue weighted by atomic mass is 79.9. The van der Waals surface area contributed by atoms with Gasteiger partial charge in [-0.25, -0.2) is 0 Å². The average Bonchev–Trinajstić information content (AvgIpc) is 2.83. The van der Waals surface area contributed by atoms with E-state index in [1.165, 1.54) is 0 Å². The zero-order valence-electron chi connectivity index (χ0n) is 10.8. The number of hydrogen-bond donors (Lipinski definition) is 3. The molecular weight excluding hydrogens is 304 g/mol. The van der Waals surface area contributed by atoms with Gasteiger partial charge in [0.05, 0.1) is 11.7 Å². The van der Waals surface area contributed by atoms with E-state index < -0.39 is 0 Å². The topological polar surface area (TPSA) is 52.7 Å². The van der Waals surface area contributed by atoms with Crippen molar-refractivity contribution in [1.29, 1.82) is 0 Å². The van der Waals surface area contributed by atoms with Gasteiger partial charge in [-0.05, 0) is 25.1 Å². The number of aromatic amines is 1. The van der Waals surface area contributed by atoms with Gasteiger partial charge in [0.15, 0.2) is 0 Å². The molecular formula is C14H17BrN4. The quantitative estimate of drug-likeness (QED) is 0.715. The van der Waals surface area contributed by atoms with Gasteiger partial charge < -0.3 is 10.6 Å². The van der Waals surface area contributed by atoms with E-state index in [9.17, 15) is 0 Å². The maximum atomic E-state index is 4.06. The summed E-state index contributed by atoms with van der Waals surface area (Å²) < 4.78 is 1.02. The molecule has 0 amide bonds. The number of rotatable bonds is 6. The highest BCUT2D eigenvalue weighted by Gasteiger charge is 2.06. The first-order valence-electron chi connectivity index (χ1n) is 6.04. The molecule has 2 rings (SSSR count). The summed E-state index contributed by atoms with van der Waals surface area (Å²) in [4.78, 5) is 0. The molecule has 2 aromatic rings. The van der Waals surface area contributed by atoms with Crippen molar-refractivity contribution >= 4 is 32.5 Å². The summed E-state index contributed by atoms with van der Waals surface area (Å²) >= 11 is 3.50. The summed E-state index contributed by atoms with van der Waals surface area (Å²) in [7, 11) is 0. The Kier molecular flexibility index (Phi) is 4.27. The molecule has 1 aromatic carbocycles. The monoisotopic (exact) mass is 320 g/mol. The smallest absolute Gasteiger partial charge is 0.0682 e. The molecule has 1 heterocycles. The van der Waals surface area contributed by atoms with Gasteiger partial charge in [0.2, 0.25) is 0 Å². The summed E-state index contributed by atoms with van der Waals surface area (Å²) in [5, 5.41) is 14.8. The molecule has 0 fully saturated rings. The van der Waals surface area contributed by atoms with E-state index in [1.807, 2.05) is 18.3 Å². The summed E-state index contributed by atoms with van der Waals surface area (Å²) in [5.74, 6) is 0. The van der Waals surface area contributed by atoms with Crippen LogP contribution in [0.25, 0.3) is 10.9 Å². The number of anilines is 1. The minimum Gasteiger partial charge on any atom is -0.382 e. The molecule has 19 heavy (non-hydrogen) atoms. The normalized spacial score (nSPS) is 12.1. The molecule has 3 N–H and O–H groups in total.